The standard InChI is InChI=1S/C25H20F3N3O2/c26-25(27,28)24-20(17-32)2-1-3-22(24)30-12-14-31(15-13-30)23-11-8-19(16-29-23)5-4-18-6-9-21(33)10-7-18/h1-3,6-11,16-17,33H,12-15H2. The number of phenolic OH excluding ortho intramolecular Hbond substituents is 1. The summed E-state index contributed by atoms with van der Waals surface area (Å²) in [5.74, 6) is 6.92. The molecule has 0 unspecified atom stereocenters. The molecule has 4 rings (SSSR count). The lowest BCUT2D eigenvalue weighted by molar-refractivity contribution is -0.137. The van der Waals surface area contributed by atoms with Crippen LogP contribution in [0.2, 0.25) is 0 Å². The first-order chi connectivity index (χ1) is 15.8. The van der Waals surface area contributed by atoms with Crippen LogP contribution in [0.1, 0.15) is 27.0 Å². The molecule has 0 bridgehead atoms. The van der Waals surface area contributed by atoms with E-state index in [0.29, 0.717) is 26.2 Å². The van der Waals surface area contributed by atoms with Crippen LogP contribution >= 0.6 is 0 Å². The van der Waals surface area contributed by atoms with Crippen LogP contribution in [-0.2, 0) is 6.18 Å². The zero-order chi connectivity index (χ0) is 23.4. The smallest absolute Gasteiger partial charge is 0.419 e. The predicted octanol–water partition coefficient (Wildman–Crippen LogP) is 4.34. The third-order valence-corrected chi connectivity index (χ3v) is 5.40. The average molecular weight is 451 g/mol. The second-order valence-corrected chi connectivity index (χ2v) is 7.53. The molecule has 3 aromatic rings. The minimum absolute atomic E-state index is 0.0274. The van der Waals surface area contributed by atoms with Gasteiger partial charge in [0, 0.05) is 54.8 Å². The molecule has 0 spiro atoms. The van der Waals surface area contributed by atoms with Crippen molar-refractivity contribution in [1.29, 1.82) is 0 Å². The fourth-order valence-electron chi connectivity index (χ4n) is 3.74. The van der Waals surface area contributed by atoms with Crippen molar-refractivity contribution in [1.82, 2.24) is 4.98 Å². The lowest BCUT2D eigenvalue weighted by Gasteiger charge is -2.37. The lowest BCUT2D eigenvalue weighted by Crippen LogP contribution is -2.47. The molecule has 8 heteroatoms. The number of hydrogen-bond donors (Lipinski definition) is 1. The van der Waals surface area contributed by atoms with Gasteiger partial charge in [0.2, 0.25) is 0 Å². The summed E-state index contributed by atoms with van der Waals surface area (Å²) in [6.07, 6.45) is -2.70. The molecule has 2 heterocycles. The highest BCUT2D eigenvalue weighted by Crippen LogP contribution is 2.39. The van der Waals surface area contributed by atoms with Crippen LogP contribution in [0, 0.1) is 11.8 Å². The van der Waals surface area contributed by atoms with Gasteiger partial charge in [-0.2, -0.15) is 13.2 Å². The summed E-state index contributed by atoms with van der Waals surface area (Å²) in [6.45, 7) is 1.73. The van der Waals surface area contributed by atoms with Crippen LogP contribution in [0.5, 0.6) is 5.75 Å². The Hall–Kier alpha value is -3.99. The Bertz CT molecular complexity index is 1190. The van der Waals surface area contributed by atoms with Crippen molar-refractivity contribution in [3.63, 3.8) is 0 Å². The van der Waals surface area contributed by atoms with Gasteiger partial charge in [-0.05, 0) is 42.5 Å². The number of rotatable bonds is 3. The first-order valence-electron chi connectivity index (χ1n) is 10.3. The average Bonchev–Trinajstić information content (AvgIpc) is 2.83. The monoisotopic (exact) mass is 451 g/mol. The summed E-state index contributed by atoms with van der Waals surface area (Å²) in [5, 5.41) is 9.32. The Morgan fingerprint density at radius 3 is 2.12 bits per heavy atom. The highest BCUT2D eigenvalue weighted by Gasteiger charge is 2.38. The first kappa shape index (κ1) is 22.2. The normalized spacial score (nSPS) is 13.9. The number of benzene rings is 2. The van der Waals surface area contributed by atoms with Gasteiger partial charge in [-0.25, -0.2) is 4.98 Å². The maximum Gasteiger partial charge on any atom is 0.419 e. The van der Waals surface area contributed by atoms with Crippen molar-refractivity contribution in [2.75, 3.05) is 36.0 Å². The maximum atomic E-state index is 13.6. The van der Waals surface area contributed by atoms with Gasteiger partial charge in [0.25, 0.3) is 0 Å². The molecule has 1 fully saturated rings. The Morgan fingerprint density at radius 2 is 1.52 bits per heavy atom. The van der Waals surface area contributed by atoms with E-state index in [4.69, 9.17) is 0 Å². The van der Waals surface area contributed by atoms with Gasteiger partial charge in [-0.1, -0.05) is 24.0 Å². The van der Waals surface area contributed by atoms with E-state index in [-0.39, 0.29) is 23.3 Å². The number of anilines is 2. The van der Waals surface area contributed by atoms with Crippen LogP contribution in [0.4, 0.5) is 24.7 Å². The summed E-state index contributed by atoms with van der Waals surface area (Å²) in [4.78, 5) is 19.3. The summed E-state index contributed by atoms with van der Waals surface area (Å²) >= 11 is 0. The van der Waals surface area contributed by atoms with Gasteiger partial charge < -0.3 is 14.9 Å². The van der Waals surface area contributed by atoms with Crippen LogP contribution in [-0.4, -0.2) is 42.6 Å². The van der Waals surface area contributed by atoms with Crippen molar-refractivity contribution in [3.05, 3.63) is 83.0 Å². The summed E-state index contributed by atoms with van der Waals surface area (Å²) in [5.41, 5.74) is 0.284. The molecule has 0 atom stereocenters. The van der Waals surface area contributed by atoms with E-state index in [1.165, 1.54) is 18.2 Å². The van der Waals surface area contributed by atoms with Gasteiger partial charge in [0.15, 0.2) is 6.29 Å². The van der Waals surface area contributed by atoms with Crippen molar-refractivity contribution in [3.8, 4) is 17.6 Å². The molecule has 33 heavy (non-hydrogen) atoms. The molecule has 0 radical (unpaired) electrons. The van der Waals surface area contributed by atoms with Crippen molar-refractivity contribution in [2.24, 2.45) is 0 Å². The third-order valence-electron chi connectivity index (χ3n) is 5.40. The number of hydrogen-bond acceptors (Lipinski definition) is 5. The van der Waals surface area contributed by atoms with Crippen molar-refractivity contribution in [2.45, 2.75) is 6.18 Å². The number of halogens is 3. The summed E-state index contributed by atoms with van der Waals surface area (Å²) in [7, 11) is 0. The van der Waals surface area contributed by atoms with Gasteiger partial charge in [0.05, 0.1) is 5.56 Å². The molecule has 1 N–H and O–H groups in total. The molecule has 1 aliphatic heterocycles. The van der Waals surface area contributed by atoms with E-state index < -0.39 is 11.7 Å². The zero-order valence-corrected chi connectivity index (χ0v) is 17.5. The topological polar surface area (TPSA) is 56.7 Å². The number of carbonyl (C=O) groups excluding carboxylic acids is 1. The molecule has 0 aliphatic carbocycles. The molecule has 1 aromatic heterocycles. The number of nitrogens with zero attached hydrogens (tertiary/aromatic N) is 3. The van der Waals surface area contributed by atoms with E-state index in [9.17, 15) is 23.1 Å². The van der Waals surface area contributed by atoms with Crippen LogP contribution in [0.15, 0.2) is 60.8 Å². The minimum Gasteiger partial charge on any atom is -0.508 e. The van der Waals surface area contributed by atoms with E-state index in [1.54, 1.807) is 35.4 Å². The third kappa shape index (κ3) is 5.09. The summed E-state index contributed by atoms with van der Waals surface area (Å²) < 4.78 is 40.8. The maximum absolute atomic E-state index is 13.6. The zero-order valence-electron chi connectivity index (χ0n) is 17.5. The highest BCUT2D eigenvalue weighted by molar-refractivity contribution is 5.81. The number of piperazine rings is 1. The quantitative estimate of drug-likeness (QED) is 0.474. The Morgan fingerprint density at radius 1 is 0.879 bits per heavy atom. The summed E-state index contributed by atoms with van der Waals surface area (Å²) in [6, 6.07) is 14.3. The van der Waals surface area contributed by atoms with Crippen LogP contribution < -0.4 is 9.80 Å². The van der Waals surface area contributed by atoms with E-state index in [0.717, 1.165) is 16.9 Å². The van der Waals surface area contributed by atoms with E-state index >= 15 is 0 Å². The number of aromatic hydroxyl groups is 1. The molecule has 168 valence electrons. The Balaban J connectivity index is 1.44. The SMILES string of the molecule is O=Cc1cccc(N2CCN(c3ccc(C#Cc4ccc(O)cc4)cn3)CC2)c1C(F)(F)F. The van der Waals surface area contributed by atoms with Crippen LogP contribution in [0.25, 0.3) is 0 Å². The van der Waals surface area contributed by atoms with Gasteiger partial charge in [0.1, 0.15) is 11.6 Å². The highest BCUT2D eigenvalue weighted by atomic mass is 19.4. The molecular formula is C25H20F3N3O2. The van der Waals surface area contributed by atoms with Gasteiger partial charge in [-0.15, -0.1) is 0 Å². The first-order valence-corrected chi connectivity index (χ1v) is 10.3. The van der Waals surface area contributed by atoms with E-state index in [1.807, 2.05) is 17.0 Å². The number of aldehydes is 1. The molecule has 5 nitrogen and oxygen atoms in total. The number of phenols is 1. The van der Waals surface area contributed by atoms with Crippen LogP contribution in [0.3, 0.4) is 0 Å². The second-order valence-electron chi connectivity index (χ2n) is 7.53. The molecule has 1 saturated heterocycles. The van der Waals surface area contributed by atoms with Gasteiger partial charge >= 0.3 is 6.18 Å². The fourth-order valence-corrected chi connectivity index (χ4v) is 3.74. The molecule has 0 amide bonds. The Labute approximate surface area is 189 Å². The predicted molar refractivity (Wildman–Crippen MR) is 120 cm³/mol. The molecule has 1 aliphatic rings. The van der Waals surface area contributed by atoms with Gasteiger partial charge in [-0.3, -0.25) is 4.79 Å². The molecule has 0 saturated carbocycles. The van der Waals surface area contributed by atoms with Crippen molar-refractivity contribution >= 4 is 17.8 Å². The second kappa shape index (κ2) is 9.25. The van der Waals surface area contributed by atoms with Crippen molar-refractivity contribution < 1.29 is 23.1 Å². The number of aromatic nitrogens is 1. The number of alkyl halides is 3. The number of carbonyl (C=O) groups is 1. The fraction of sp³-hybridized carbons (Fsp3) is 0.200. The molecule has 2 aromatic carbocycles. The largest absolute Gasteiger partial charge is 0.508 e. The molecular weight excluding hydrogens is 431 g/mol. The lowest BCUT2D eigenvalue weighted by atomic mass is 10.0. The van der Waals surface area contributed by atoms with E-state index in [2.05, 4.69) is 16.8 Å². The number of pyridine rings is 1. The minimum atomic E-state index is -4.61. The Kier molecular flexibility index (Phi) is 6.22.